The highest BCUT2D eigenvalue weighted by Crippen LogP contribution is 2.30. The van der Waals surface area contributed by atoms with Crippen LogP contribution in [-0.2, 0) is 9.05 Å². The minimum absolute atomic E-state index is 0.0979. The van der Waals surface area contributed by atoms with Crippen molar-refractivity contribution < 1.29 is 17.7 Å². The summed E-state index contributed by atoms with van der Waals surface area (Å²) >= 11 is 0. The molecular formula is C7H5ClFNO4S. The Morgan fingerprint density at radius 3 is 2.40 bits per heavy atom. The summed E-state index contributed by atoms with van der Waals surface area (Å²) in [6.07, 6.45) is 0. The van der Waals surface area contributed by atoms with Crippen molar-refractivity contribution in [2.75, 3.05) is 0 Å². The zero-order valence-corrected chi connectivity index (χ0v) is 8.97. The number of rotatable bonds is 2. The van der Waals surface area contributed by atoms with Crippen LogP contribution in [0.4, 0.5) is 10.1 Å². The van der Waals surface area contributed by atoms with Gasteiger partial charge in [-0.05, 0) is 13.0 Å². The summed E-state index contributed by atoms with van der Waals surface area (Å²) < 4.78 is 34.8. The number of nitro benzene ring substituents is 1. The molecule has 0 aliphatic heterocycles. The van der Waals surface area contributed by atoms with Gasteiger partial charge < -0.3 is 0 Å². The quantitative estimate of drug-likeness (QED) is 0.459. The van der Waals surface area contributed by atoms with Crippen molar-refractivity contribution in [3.8, 4) is 0 Å². The van der Waals surface area contributed by atoms with Crippen LogP contribution >= 0.6 is 10.7 Å². The third kappa shape index (κ3) is 2.42. The zero-order chi connectivity index (χ0) is 11.8. The summed E-state index contributed by atoms with van der Waals surface area (Å²) in [7, 11) is 0.620. The van der Waals surface area contributed by atoms with Crippen molar-refractivity contribution in [2.24, 2.45) is 0 Å². The largest absolute Gasteiger partial charge is 0.292 e. The average Bonchev–Trinajstić information content (AvgIpc) is 1.99. The Morgan fingerprint density at radius 2 is 2.00 bits per heavy atom. The fraction of sp³-hybridized carbons (Fsp3) is 0.143. The molecule has 0 amide bonds. The number of aryl methyl sites for hydroxylation is 1. The molecule has 0 radical (unpaired) electrons. The van der Waals surface area contributed by atoms with E-state index in [2.05, 4.69) is 0 Å². The van der Waals surface area contributed by atoms with Crippen molar-refractivity contribution in [1.29, 1.82) is 0 Å². The number of hydrogen-bond donors (Lipinski definition) is 0. The second-order valence-corrected chi connectivity index (χ2v) is 5.30. The number of halogens is 2. The van der Waals surface area contributed by atoms with Gasteiger partial charge in [-0.15, -0.1) is 0 Å². The van der Waals surface area contributed by atoms with Gasteiger partial charge in [-0.2, -0.15) is 0 Å². The topological polar surface area (TPSA) is 77.3 Å². The summed E-state index contributed by atoms with van der Waals surface area (Å²) in [6.45, 7) is 1.23. The van der Waals surface area contributed by atoms with Gasteiger partial charge in [0.2, 0.25) is 0 Å². The predicted molar refractivity (Wildman–Crippen MR) is 50.8 cm³/mol. The first-order valence-electron chi connectivity index (χ1n) is 3.62. The van der Waals surface area contributed by atoms with Gasteiger partial charge in [0.05, 0.1) is 4.92 Å². The monoisotopic (exact) mass is 253 g/mol. The smallest absolute Gasteiger partial charge is 0.258 e. The summed E-state index contributed by atoms with van der Waals surface area (Å²) in [5, 5.41) is 10.6. The summed E-state index contributed by atoms with van der Waals surface area (Å²) in [5.41, 5.74) is -0.800. The molecule has 0 N–H and O–H groups in total. The lowest BCUT2D eigenvalue weighted by atomic mass is 10.2. The molecule has 0 saturated heterocycles. The molecule has 15 heavy (non-hydrogen) atoms. The molecule has 0 heterocycles. The Labute approximate surface area is 89.0 Å². The van der Waals surface area contributed by atoms with Crippen LogP contribution in [0.1, 0.15) is 5.56 Å². The summed E-state index contributed by atoms with van der Waals surface area (Å²) in [4.78, 5) is 8.82. The Morgan fingerprint density at radius 1 is 1.47 bits per heavy atom. The van der Waals surface area contributed by atoms with Crippen LogP contribution in [0.2, 0.25) is 0 Å². The average molecular weight is 254 g/mol. The Hall–Kier alpha value is -1.21. The van der Waals surface area contributed by atoms with Crippen LogP contribution in [0, 0.1) is 22.9 Å². The normalized spacial score (nSPS) is 11.4. The lowest BCUT2D eigenvalue weighted by molar-refractivity contribution is -0.388. The van der Waals surface area contributed by atoms with Crippen molar-refractivity contribution >= 4 is 25.4 Å². The maximum absolute atomic E-state index is 12.9. The number of nitrogens with zero attached hydrogens (tertiary/aromatic N) is 1. The molecule has 5 nitrogen and oxygen atoms in total. The highest BCUT2D eigenvalue weighted by atomic mass is 35.7. The third-order valence-electron chi connectivity index (χ3n) is 1.68. The molecular weight excluding hydrogens is 249 g/mol. The second kappa shape index (κ2) is 3.74. The van der Waals surface area contributed by atoms with Crippen LogP contribution in [0.5, 0.6) is 0 Å². The van der Waals surface area contributed by atoms with Crippen LogP contribution < -0.4 is 0 Å². The molecule has 82 valence electrons. The van der Waals surface area contributed by atoms with E-state index in [9.17, 15) is 22.9 Å². The lowest BCUT2D eigenvalue weighted by Crippen LogP contribution is -2.02. The van der Waals surface area contributed by atoms with Crippen LogP contribution in [0.25, 0.3) is 0 Å². The van der Waals surface area contributed by atoms with Gasteiger partial charge >= 0.3 is 0 Å². The molecule has 8 heteroatoms. The van der Waals surface area contributed by atoms with Crippen molar-refractivity contribution in [3.63, 3.8) is 0 Å². The molecule has 0 atom stereocenters. The molecule has 0 spiro atoms. The molecule has 1 aromatic rings. The van der Waals surface area contributed by atoms with Gasteiger partial charge in [-0.25, -0.2) is 12.8 Å². The Bertz CT molecular complexity index is 528. The van der Waals surface area contributed by atoms with Crippen molar-refractivity contribution in [2.45, 2.75) is 11.8 Å². The van der Waals surface area contributed by atoms with E-state index in [1.54, 1.807) is 0 Å². The van der Waals surface area contributed by atoms with Gasteiger partial charge in [0, 0.05) is 22.3 Å². The number of benzene rings is 1. The van der Waals surface area contributed by atoms with Gasteiger partial charge in [0.15, 0.2) is 4.90 Å². The molecule has 1 aromatic carbocycles. The fourth-order valence-corrected chi connectivity index (χ4v) is 2.20. The van der Waals surface area contributed by atoms with Crippen LogP contribution in [-0.4, -0.2) is 13.3 Å². The first-order chi connectivity index (χ1) is 6.73. The standard InChI is InChI=1S/C7H5ClFNO4S/c1-4-2-5(9)3-6(15(8,13)14)7(4)10(11)12/h2-3H,1H3. The van der Waals surface area contributed by atoms with E-state index < -0.39 is 30.4 Å². The van der Waals surface area contributed by atoms with Crippen molar-refractivity contribution in [1.82, 2.24) is 0 Å². The maximum Gasteiger partial charge on any atom is 0.292 e. The van der Waals surface area contributed by atoms with Gasteiger partial charge in [-0.1, -0.05) is 0 Å². The van der Waals surface area contributed by atoms with E-state index in [4.69, 9.17) is 10.7 Å². The van der Waals surface area contributed by atoms with Gasteiger partial charge in [0.1, 0.15) is 5.82 Å². The van der Waals surface area contributed by atoms with Crippen LogP contribution in [0.15, 0.2) is 17.0 Å². The van der Waals surface area contributed by atoms with E-state index in [-0.39, 0.29) is 5.56 Å². The highest BCUT2D eigenvalue weighted by Gasteiger charge is 2.27. The van der Waals surface area contributed by atoms with E-state index >= 15 is 0 Å². The molecule has 0 aliphatic rings. The summed E-state index contributed by atoms with van der Waals surface area (Å²) in [5.74, 6) is -0.891. The SMILES string of the molecule is Cc1cc(F)cc(S(=O)(=O)Cl)c1[N+](=O)[O-]. The molecule has 0 bridgehead atoms. The molecule has 0 aromatic heterocycles. The van der Waals surface area contributed by atoms with E-state index in [0.717, 1.165) is 6.07 Å². The first-order valence-corrected chi connectivity index (χ1v) is 5.93. The number of nitro groups is 1. The van der Waals surface area contributed by atoms with Gasteiger partial charge in [-0.3, -0.25) is 10.1 Å². The molecule has 0 fully saturated rings. The Kier molecular flexibility index (Phi) is 2.96. The molecule has 0 saturated carbocycles. The van der Waals surface area contributed by atoms with Gasteiger partial charge in [0.25, 0.3) is 14.7 Å². The highest BCUT2D eigenvalue weighted by molar-refractivity contribution is 8.13. The van der Waals surface area contributed by atoms with Crippen LogP contribution in [0.3, 0.4) is 0 Å². The predicted octanol–water partition coefficient (Wildman–Crippen LogP) is 1.97. The molecule has 1 rings (SSSR count). The molecule has 0 aliphatic carbocycles. The minimum Gasteiger partial charge on any atom is -0.258 e. The van der Waals surface area contributed by atoms with E-state index in [1.807, 2.05) is 0 Å². The van der Waals surface area contributed by atoms with E-state index in [1.165, 1.54) is 6.92 Å². The summed E-state index contributed by atoms with van der Waals surface area (Å²) in [6, 6.07) is 1.39. The third-order valence-corrected chi connectivity index (χ3v) is 3.01. The minimum atomic E-state index is -4.33. The second-order valence-electron chi connectivity index (χ2n) is 2.76. The zero-order valence-electron chi connectivity index (χ0n) is 7.40. The van der Waals surface area contributed by atoms with Crippen molar-refractivity contribution in [3.05, 3.63) is 33.6 Å². The fourth-order valence-electron chi connectivity index (χ4n) is 1.12. The first kappa shape index (κ1) is 11.9. The molecule has 0 unspecified atom stereocenters. The Balaban J connectivity index is 3.70. The maximum atomic E-state index is 12.9. The number of hydrogen-bond acceptors (Lipinski definition) is 4. The van der Waals surface area contributed by atoms with E-state index in [0.29, 0.717) is 6.07 Å². The lowest BCUT2D eigenvalue weighted by Gasteiger charge is -2.02.